The van der Waals surface area contributed by atoms with Gasteiger partial charge in [-0.1, -0.05) is 0 Å². The van der Waals surface area contributed by atoms with Crippen molar-refractivity contribution in [3.05, 3.63) is 0 Å². The van der Waals surface area contributed by atoms with Gasteiger partial charge in [0.15, 0.2) is 0 Å². The molecule has 0 aliphatic carbocycles. The van der Waals surface area contributed by atoms with Gasteiger partial charge in [-0.25, -0.2) is 0 Å². The van der Waals surface area contributed by atoms with E-state index in [9.17, 15) is 18.0 Å². The number of alkyl halides is 3. The van der Waals surface area contributed by atoms with Crippen LogP contribution in [-0.4, -0.2) is 44.9 Å². The van der Waals surface area contributed by atoms with Gasteiger partial charge in [0.25, 0.3) is 0 Å². The Hall–Kier alpha value is -0.820. The van der Waals surface area contributed by atoms with Crippen molar-refractivity contribution in [1.29, 1.82) is 0 Å². The summed E-state index contributed by atoms with van der Waals surface area (Å²) >= 11 is 0. The first-order chi connectivity index (χ1) is 7.45. The van der Waals surface area contributed by atoms with Crippen LogP contribution in [0, 0.1) is 0 Å². The molecule has 4 nitrogen and oxygen atoms in total. The second-order valence-corrected chi connectivity index (χ2v) is 3.12. The van der Waals surface area contributed by atoms with Gasteiger partial charge < -0.3 is 15.4 Å². The van der Waals surface area contributed by atoms with Crippen molar-refractivity contribution in [2.24, 2.45) is 0 Å². The molecule has 16 heavy (non-hydrogen) atoms. The average molecular weight is 242 g/mol. The molecule has 7 heteroatoms. The number of rotatable bonds is 8. The minimum absolute atomic E-state index is 0.109. The summed E-state index contributed by atoms with van der Waals surface area (Å²) in [5.41, 5.74) is 0. The van der Waals surface area contributed by atoms with Gasteiger partial charge in [-0.2, -0.15) is 13.2 Å². The first-order valence-electron chi connectivity index (χ1n) is 5.07. The molecular weight excluding hydrogens is 225 g/mol. The summed E-state index contributed by atoms with van der Waals surface area (Å²) in [4.78, 5) is 10.9. The molecule has 0 unspecified atom stereocenters. The standard InChI is InChI=1S/C9H17F3N2O2/c1-2-16-5-3-4-13-6-8(15)14-7-9(10,11)12/h13H,2-7H2,1H3,(H,14,15). The third-order valence-electron chi connectivity index (χ3n) is 1.62. The monoisotopic (exact) mass is 242 g/mol. The van der Waals surface area contributed by atoms with Crippen molar-refractivity contribution in [3.63, 3.8) is 0 Å². The van der Waals surface area contributed by atoms with E-state index in [0.29, 0.717) is 19.8 Å². The van der Waals surface area contributed by atoms with E-state index in [1.807, 2.05) is 6.92 Å². The van der Waals surface area contributed by atoms with Crippen LogP contribution < -0.4 is 10.6 Å². The quantitative estimate of drug-likeness (QED) is 0.615. The number of amides is 1. The van der Waals surface area contributed by atoms with Crippen molar-refractivity contribution in [2.45, 2.75) is 19.5 Å². The molecule has 0 rings (SSSR count). The molecule has 96 valence electrons. The zero-order valence-corrected chi connectivity index (χ0v) is 9.19. The highest BCUT2D eigenvalue weighted by molar-refractivity contribution is 5.77. The topological polar surface area (TPSA) is 50.4 Å². The third kappa shape index (κ3) is 11.3. The number of carbonyl (C=O) groups is 1. The Bertz CT molecular complexity index is 198. The Kier molecular flexibility index (Phi) is 7.92. The Morgan fingerprint density at radius 2 is 2.06 bits per heavy atom. The van der Waals surface area contributed by atoms with Crippen LogP contribution in [0.15, 0.2) is 0 Å². The number of hydrogen-bond donors (Lipinski definition) is 2. The van der Waals surface area contributed by atoms with Crippen LogP contribution >= 0.6 is 0 Å². The predicted octanol–water partition coefficient (Wildman–Crippen LogP) is 0.681. The largest absolute Gasteiger partial charge is 0.405 e. The average Bonchev–Trinajstić information content (AvgIpc) is 2.19. The lowest BCUT2D eigenvalue weighted by atomic mass is 10.4. The zero-order chi connectivity index (χ0) is 12.4. The molecule has 0 aromatic heterocycles. The van der Waals surface area contributed by atoms with Crippen LogP contribution in [0.25, 0.3) is 0 Å². The van der Waals surface area contributed by atoms with Gasteiger partial charge >= 0.3 is 6.18 Å². The Morgan fingerprint density at radius 3 is 2.62 bits per heavy atom. The van der Waals surface area contributed by atoms with Crippen LogP contribution in [0.3, 0.4) is 0 Å². The molecule has 0 saturated carbocycles. The van der Waals surface area contributed by atoms with Crippen molar-refractivity contribution in [3.8, 4) is 0 Å². The van der Waals surface area contributed by atoms with Gasteiger partial charge in [0, 0.05) is 13.2 Å². The minimum atomic E-state index is -4.36. The second kappa shape index (κ2) is 8.35. The summed E-state index contributed by atoms with van der Waals surface area (Å²) in [5.74, 6) is -0.659. The number of nitrogens with one attached hydrogen (secondary N) is 2. The van der Waals surface area contributed by atoms with E-state index in [1.165, 1.54) is 0 Å². The van der Waals surface area contributed by atoms with Gasteiger partial charge in [0.1, 0.15) is 6.54 Å². The van der Waals surface area contributed by atoms with E-state index in [0.717, 1.165) is 6.42 Å². The number of ether oxygens (including phenoxy) is 1. The Labute approximate surface area is 92.5 Å². The van der Waals surface area contributed by atoms with Crippen LogP contribution in [0.2, 0.25) is 0 Å². The van der Waals surface area contributed by atoms with Gasteiger partial charge in [-0.3, -0.25) is 4.79 Å². The van der Waals surface area contributed by atoms with E-state index in [2.05, 4.69) is 5.32 Å². The fourth-order valence-corrected chi connectivity index (χ4v) is 0.907. The Morgan fingerprint density at radius 1 is 1.38 bits per heavy atom. The fourth-order valence-electron chi connectivity index (χ4n) is 0.907. The summed E-state index contributed by atoms with van der Waals surface area (Å²) in [5, 5.41) is 4.49. The van der Waals surface area contributed by atoms with Crippen LogP contribution in [0.5, 0.6) is 0 Å². The molecule has 0 saturated heterocycles. The first kappa shape index (κ1) is 15.2. The summed E-state index contributed by atoms with van der Waals surface area (Å²) in [6.45, 7) is 2.23. The lowest BCUT2D eigenvalue weighted by Gasteiger charge is -2.08. The molecule has 0 aromatic rings. The molecule has 0 bridgehead atoms. The lowest BCUT2D eigenvalue weighted by Crippen LogP contribution is -2.39. The minimum Gasteiger partial charge on any atom is -0.382 e. The van der Waals surface area contributed by atoms with Crippen LogP contribution in [-0.2, 0) is 9.53 Å². The highest BCUT2D eigenvalue weighted by atomic mass is 19.4. The molecule has 0 spiro atoms. The molecule has 0 atom stereocenters. The Balaban J connectivity index is 3.31. The summed E-state index contributed by atoms with van der Waals surface area (Å²) < 4.78 is 40.1. The molecule has 0 heterocycles. The third-order valence-corrected chi connectivity index (χ3v) is 1.62. The molecule has 0 fully saturated rings. The van der Waals surface area contributed by atoms with Crippen LogP contribution in [0.4, 0.5) is 13.2 Å². The number of hydrogen-bond acceptors (Lipinski definition) is 3. The number of carbonyl (C=O) groups excluding carboxylic acids is 1. The van der Waals surface area contributed by atoms with Crippen molar-refractivity contribution in [2.75, 3.05) is 32.8 Å². The maximum absolute atomic E-state index is 11.7. The molecule has 0 aromatic carbocycles. The lowest BCUT2D eigenvalue weighted by molar-refractivity contribution is -0.137. The molecule has 0 aliphatic rings. The van der Waals surface area contributed by atoms with Crippen molar-refractivity contribution < 1.29 is 22.7 Å². The number of halogens is 3. The van der Waals surface area contributed by atoms with Gasteiger partial charge in [0.2, 0.25) is 5.91 Å². The molecule has 1 amide bonds. The molecule has 0 radical (unpaired) electrons. The van der Waals surface area contributed by atoms with Crippen LogP contribution in [0.1, 0.15) is 13.3 Å². The summed E-state index contributed by atoms with van der Waals surface area (Å²) in [7, 11) is 0. The fraction of sp³-hybridized carbons (Fsp3) is 0.889. The molecule has 2 N–H and O–H groups in total. The van der Waals surface area contributed by atoms with Gasteiger partial charge in [-0.05, 0) is 19.9 Å². The zero-order valence-electron chi connectivity index (χ0n) is 9.19. The smallest absolute Gasteiger partial charge is 0.382 e. The normalized spacial score (nSPS) is 11.5. The van der Waals surface area contributed by atoms with Gasteiger partial charge in [-0.15, -0.1) is 0 Å². The van der Waals surface area contributed by atoms with E-state index in [-0.39, 0.29) is 6.54 Å². The SMILES string of the molecule is CCOCCCNCC(=O)NCC(F)(F)F. The van der Waals surface area contributed by atoms with E-state index < -0.39 is 18.6 Å². The maximum Gasteiger partial charge on any atom is 0.405 e. The van der Waals surface area contributed by atoms with Gasteiger partial charge in [0.05, 0.1) is 6.54 Å². The van der Waals surface area contributed by atoms with E-state index in [1.54, 1.807) is 5.32 Å². The second-order valence-electron chi connectivity index (χ2n) is 3.12. The predicted molar refractivity (Wildman–Crippen MR) is 53.0 cm³/mol. The summed E-state index contributed by atoms with van der Waals surface area (Å²) in [6.07, 6.45) is -3.63. The highest BCUT2D eigenvalue weighted by Gasteiger charge is 2.27. The van der Waals surface area contributed by atoms with E-state index >= 15 is 0 Å². The molecule has 0 aliphatic heterocycles. The van der Waals surface area contributed by atoms with Crippen molar-refractivity contribution >= 4 is 5.91 Å². The van der Waals surface area contributed by atoms with Crippen molar-refractivity contribution in [1.82, 2.24) is 10.6 Å². The maximum atomic E-state index is 11.7. The molecular formula is C9H17F3N2O2. The first-order valence-corrected chi connectivity index (χ1v) is 5.07. The highest BCUT2D eigenvalue weighted by Crippen LogP contribution is 2.11. The summed E-state index contributed by atoms with van der Waals surface area (Å²) in [6, 6.07) is 0. The van der Waals surface area contributed by atoms with E-state index in [4.69, 9.17) is 4.74 Å².